The molecular formula is C27H26F6N2O2. The molecule has 198 valence electrons. The second-order valence-corrected chi connectivity index (χ2v) is 9.63. The van der Waals surface area contributed by atoms with Gasteiger partial charge in [-0.1, -0.05) is 30.3 Å². The number of nitrogens with one attached hydrogen (secondary N) is 2. The van der Waals surface area contributed by atoms with E-state index in [1.165, 1.54) is 6.92 Å². The van der Waals surface area contributed by atoms with Crippen LogP contribution >= 0.6 is 0 Å². The molecule has 4 rings (SSSR count). The summed E-state index contributed by atoms with van der Waals surface area (Å²) in [6.07, 6.45) is -5.24. The SMILES string of the molecule is C[C@@H](OC#C[C@@]1(c2ccccc2)CC[C@]2(CCCC(=O)N2)CN1)c1cc(C(F)(F)F)cc(C(F)(F)F)c1. The van der Waals surface area contributed by atoms with Crippen molar-refractivity contribution in [1.29, 1.82) is 0 Å². The number of ether oxygens (including phenoxy) is 1. The van der Waals surface area contributed by atoms with Gasteiger partial charge in [0.15, 0.2) is 0 Å². The Bertz CT molecular complexity index is 1160. The molecule has 1 amide bonds. The highest BCUT2D eigenvalue weighted by Crippen LogP contribution is 2.39. The maximum atomic E-state index is 13.2. The van der Waals surface area contributed by atoms with Crippen molar-refractivity contribution >= 4 is 5.91 Å². The van der Waals surface area contributed by atoms with Crippen LogP contribution in [-0.4, -0.2) is 18.0 Å². The predicted octanol–water partition coefficient (Wildman–Crippen LogP) is 6.08. The summed E-state index contributed by atoms with van der Waals surface area (Å²) in [6.45, 7) is 1.81. The summed E-state index contributed by atoms with van der Waals surface area (Å²) in [6, 6.07) is 10.7. The first kappa shape index (κ1) is 26.9. The van der Waals surface area contributed by atoms with E-state index in [1.807, 2.05) is 30.3 Å². The molecule has 4 nitrogen and oxygen atoms in total. The molecule has 3 atom stereocenters. The van der Waals surface area contributed by atoms with Gasteiger partial charge in [-0.25, -0.2) is 0 Å². The highest BCUT2D eigenvalue weighted by molar-refractivity contribution is 5.77. The van der Waals surface area contributed by atoms with Gasteiger partial charge in [-0.3, -0.25) is 10.1 Å². The van der Waals surface area contributed by atoms with E-state index in [-0.39, 0.29) is 23.1 Å². The Kier molecular flexibility index (Phi) is 7.21. The number of alkyl halides is 6. The highest BCUT2D eigenvalue weighted by atomic mass is 19.4. The molecule has 0 aromatic heterocycles. The van der Waals surface area contributed by atoms with E-state index in [4.69, 9.17) is 4.74 Å². The van der Waals surface area contributed by atoms with Crippen LogP contribution in [0.1, 0.15) is 67.4 Å². The summed E-state index contributed by atoms with van der Waals surface area (Å²) in [4.78, 5) is 12.0. The number of hydrogen-bond acceptors (Lipinski definition) is 3. The van der Waals surface area contributed by atoms with Gasteiger partial charge in [0.2, 0.25) is 5.91 Å². The maximum Gasteiger partial charge on any atom is 0.416 e. The lowest BCUT2D eigenvalue weighted by molar-refractivity contribution is -0.143. The highest BCUT2D eigenvalue weighted by Gasteiger charge is 2.45. The van der Waals surface area contributed by atoms with Crippen molar-refractivity contribution in [2.75, 3.05) is 6.54 Å². The number of halogens is 6. The molecule has 0 unspecified atom stereocenters. The van der Waals surface area contributed by atoms with E-state index < -0.39 is 35.1 Å². The first-order valence-corrected chi connectivity index (χ1v) is 11.9. The molecule has 2 N–H and O–H groups in total. The van der Waals surface area contributed by atoms with Crippen LogP contribution in [0.4, 0.5) is 26.3 Å². The molecule has 1 spiro atoms. The van der Waals surface area contributed by atoms with Gasteiger partial charge in [0.1, 0.15) is 17.7 Å². The number of rotatable bonds is 3. The van der Waals surface area contributed by atoms with Gasteiger partial charge in [0, 0.05) is 13.0 Å². The number of amides is 1. The van der Waals surface area contributed by atoms with Crippen LogP contribution in [0.5, 0.6) is 0 Å². The molecular weight excluding hydrogens is 498 g/mol. The van der Waals surface area contributed by atoms with Crippen molar-refractivity contribution in [1.82, 2.24) is 10.6 Å². The maximum absolute atomic E-state index is 13.2. The standard InChI is InChI=1S/C27H26F6N2O2/c1-18(19-14-21(26(28,29)30)16-22(15-19)27(31,32)33)37-13-12-25(20-6-3-2-4-7-20)11-10-24(17-34-25)9-5-8-23(36)35-24/h2-4,6-7,14-16,18,34H,5,8-11,17H2,1H3,(H,35,36)/t18-,24-,25-/m1/s1. The van der Waals surface area contributed by atoms with Crippen molar-refractivity contribution in [3.8, 4) is 12.0 Å². The predicted molar refractivity (Wildman–Crippen MR) is 124 cm³/mol. The largest absolute Gasteiger partial charge is 0.439 e. The lowest BCUT2D eigenvalue weighted by Crippen LogP contribution is -2.64. The van der Waals surface area contributed by atoms with Gasteiger partial charge in [-0.2, -0.15) is 26.3 Å². The average Bonchev–Trinajstić information content (AvgIpc) is 2.84. The van der Waals surface area contributed by atoms with Crippen LogP contribution in [0.3, 0.4) is 0 Å². The summed E-state index contributed by atoms with van der Waals surface area (Å²) in [5.41, 5.74) is -3.50. The zero-order chi connectivity index (χ0) is 26.9. The lowest BCUT2D eigenvalue weighted by Gasteiger charge is -2.47. The number of piperidine rings is 2. The van der Waals surface area contributed by atoms with Gasteiger partial charge in [0.05, 0.1) is 16.7 Å². The van der Waals surface area contributed by atoms with E-state index in [0.717, 1.165) is 18.4 Å². The molecule has 2 aromatic carbocycles. The van der Waals surface area contributed by atoms with Crippen LogP contribution < -0.4 is 10.6 Å². The Labute approximate surface area is 210 Å². The van der Waals surface area contributed by atoms with Crippen LogP contribution in [0.2, 0.25) is 0 Å². The van der Waals surface area contributed by atoms with Crippen molar-refractivity contribution in [2.24, 2.45) is 0 Å². The summed E-state index contributed by atoms with van der Waals surface area (Å²) in [5.74, 6) is 3.04. The van der Waals surface area contributed by atoms with Gasteiger partial charge in [0.25, 0.3) is 0 Å². The zero-order valence-electron chi connectivity index (χ0n) is 20.0. The van der Waals surface area contributed by atoms with Gasteiger partial charge in [-0.15, -0.1) is 0 Å². The second-order valence-electron chi connectivity index (χ2n) is 9.63. The summed E-state index contributed by atoms with van der Waals surface area (Å²) >= 11 is 0. The number of carbonyl (C=O) groups excluding carboxylic acids is 1. The number of carbonyl (C=O) groups is 1. The van der Waals surface area contributed by atoms with Crippen LogP contribution in [-0.2, 0) is 27.4 Å². The molecule has 2 aliphatic heterocycles. The third-order valence-electron chi connectivity index (χ3n) is 7.02. The molecule has 2 fully saturated rings. The van der Waals surface area contributed by atoms with Crippen LogP contribution in [0.15, 0.2) is 48.5 Å². The van der Waals surface area contributed by atoms with E-state index in [0.29, 0.717) is 37.9 Å². The molecule has 0 bridgehead atoms. The van der Waals surface area contributed by atoms with Crippen LogP contribution in [0, 0.1) is 12.0 Å². The topological polar surface area (TPSA) is 50.4 Å². The Morgan fingerprint density at radius 2 is 1.59 bits per heavy atom. The molecule has 0 radical (unpaired) electrons. The molecule has 2 aromatic rings. The normalized spacial score (nSPS) is 25.1. The molecule has 0 saturated carbocycles. The van der Waals surface area contributed by atoms with Crippen molar-refractivity contribution in [2.45, 2.75) is 68.6 Å². The Balaban J connectivity index is 1.59. The monoisotopic (exact) mass is 524 g/mol. The average molecular weight is 525 g/mol. The minimum absolute atomic E-state index is 0.00261. The Morgan fingerprint density at radius 1 is 0.946 bits per heavy atom. The van der Waals surface area contributed by atoms with E-state index in [9.17, 15) is 31.1 Å². The van der Waals surface area contributed by atoms with Gasteiger partial charge in [-0.05, 0) is 67.9 Å². The smallest absolute Gasteiger partial charge is 0.416 e. The van der Waals surface area contributed by atoms with Crippen molar-refractivity contribution in [3.63, 3.8) is 0 Å². The molecule has 2 heterocycles. The first-order valence-electron chi connectivity index (χ1n) is 11.9. The van der Waals surface area contributed by atoms with Gasteiger partial charge >= 0.3 is 12.4 Å². The summed E-state index contributed by atoms with van der Waals surface area (Å²) in [7, 11) is 0. The third kappa shape index (κ3) is 6.04. The number of benzene rings is 2. The first-order chi connectivity index (χ1) is 17.3. The Hall–Kier alpha value is -3.19. The molecule has 37 heavy (non-hydrogen) atoms. The number of hydrogen-bond donors (Lipinski definition) is 2. The van der Waals surface area contributed by atoms with Crippen LogP contribution in [0.25, 0.3) is 0 Å². The molecule has 2 saturated heterocycles. The fourth-order valence-electron chi connectivity index (χ4n) is 4.89. The molecule has 2 aliphatic rings. The molecule has 10 heteroatoms. The van der Waals surface area contributed by atoms with Crippen molar-refractivity contribution in [3.05, 3.63) is 70.8 Å². The third-order valence-corrected chi connectivity index (χ3v) is 7.02. The van der Waals surface area contributed by atoms with E-state index >= 15 is 0 Å². The minimum atomic E-state index is -4.95. The Morgan fingerprint density at radius 3 is 2.14 bits per heavy atom. The van der Waals surface area contributed by atoms with Gasteiger partial charge < -0.3 is 10.1 Å². The quantitative estimate of drug-likeness (QED) is 0.378. The fourth-order valence-corrected chi connectivity index (χ4v) is 4.89. The lowest BCUT2D eigenvalue weighted by atomic mass is 9.73. The van der Waals surface area contributed by atoms with E-state index in [1.54, 1.807) is 0 Å². The second kappa shape index (κ2) is 9.93. The summed E-state index contributed by atoms with van der Waals surface area (Å²) < 4.78 is 84.9. The summed E-state index contributed by atoms with van der Waals surface area (Å²) in [5, 5.41) is 6.52. The van der Waals surface area contributed by atoms with Crippen molar-refractivity contribution < 1.29 is 35.9 Å². The minimum Gasteiger partial charge on any atom is -0.439 e. The molecule has 0 aliphatic carbocycles. The fraction of sp³-hybridized carbons (Fsp3) is 0.444. The van der Waals surface area contributed by atoms with E-state index in [2.05, 4.69) is 22.7 Å². The zero-order valence-corrected chi connectivity index (χ0v) is 20.0.